The molecular weight excluding hydrogens is 356 g/mol. The van der Waals surface area contributed by atoms with Gasteiger partial charge in [0.15, 0.2) is 5.76 Å². The number of carbonyl (C=O) groups is 2. The van der Waals surface area contributed by atoms with Crippen LogP contribution in [0.1, 0.15) is 34.4 Å². The van der Waals surface area contributed by atoms with Crippen LogP contribution in [0.3, 0.4) is 0 Å². The first-order chi connectivity index (χ1) is 13.4. The highest BCUT2D eigenvalue weighted by molar-refractivity contribution is 6.02. The number of hydrogen-bond donors (Lipinski definition) is 2. The molecular formula is C22H22N2O4. The van der Waals surface area contributed by atoms with Crippen molar-refractivity contribution in [3.8, 4) is 5.75 Å². The lowest BCUT2D eigenvalue weighted by Gasteiger charge is -2.10. The molecule has 0 aliphatic rings. The van der Waals surface area contributed by atoms with E-state index in [0.717, 1.165) is 16.9 Å². The molecule has 6 heteroatoms. The molecule has 0 unspecified atom stereocenters. The van der Waals surface area contributed by atoms with E-state index in [0.29, 0.717) is 17.1 Å². The van der Waals surface area contributed by atoms with Crippen molar-refractivity contribution in [3.63, 3.8) is 0 Å². The molecule has 3 aromatic rings. The SMILES string of the molecule is CC(=O)Nc1ccc(NC(=O)c2ccc(COc3c(C)cccc3C)o2)cc1. The van der Waals surface area contributed by atoms with Gasteiger partial charge in [-0.1, -0.05) is 18.2 Å². The minimum atomic E-state index is -0.356. The van der Waals surface area contributed by atoms with Crippen LogP contribution >= 0.6 is 0 Å². The van der Waals surface area contributed by atoms with E-state index in [-0.39, 0.29) is 24.2 Å². The second-order valence-electron chi connectivity index (χ2n) is 6.49. The quantitative estimate of drug-likeness (QED) is 0.652. The zero-order valence-corrected chi connectivity index (χ0v) is 16.0. The summed E-state index contributed by atoms with van der Waals surface area (Å²) >= 11 is 0. The Bertz CT molecular complexity index is 970. The number of hydrogen-bond acceptors (Lipinski definition) is 4. The summed E-state index contributed by atoms with van der Waals surface area (Å²) in [6.45, 7) is 5.65. The first kappa shape index (κ1) is 19.2. The van der Waals surface area contributed by atoms with Crippen LogP contribution in [0.2, 0.25) is 0 Å². The molecule has 0 spiro atoms. The Kier molecular flexibility index (Phi) is 5.79. The lowest BCUT2D eigenvalue weighted by atomic mass is 10.1. The molecule has 0 atom stereocenters. The van der Waals surface area contributed by atoms with Crippen molar-refractivity contribution < 1.29 is 18.7 Å². The van der Waals surface area contributed by atoms with Crippen LogP contribution in [0.5, 0.6) is 5.75 Å². The minimum absolute atomic E-state index is 0.150. The Balaban J connectivity index is 1.60. The maximum Gasteiger partial charge on any atom is 0.291 e. The van der Waals surface area contributed by atoms with E-state index >= 15 is 0 Å². The number of amides is 2. The van der Waals surface area contributed by atoms with Gasteiger partial charge in [0, 0.05) is 18.3 Å². The van der Waals surface area contributed by atoms with Crippen molar-refractivity contribution in [2.75, 3.05) is 10.6 Å². The summed E-state index contributed by atoms with van der Waals surface area (Å²) in [6.07, 6.45) is 0. The van der Waals surface area contributed by atoms with E-state index in [1.165, 1.54) is 6.92 Å². The van der Waals surface area contributed by atoms with Gasteiger partial charge in [-0.3, -0.25) is 9.59 Å². The Morgan fingerprint density at radius 1 is 0.893 bits per heavy atom. The van der Waals surface area contributed by atoms with Gasteiger partial charge in [-0.25, -0.2) is 0 Å². The summed E-state index contributed by atoms with van der Waals surface area (Å²) in [5, 5.41) is 5.43. The Hall–Kier alpha value is -3.54. The molecule has 2 amide bonds. The molecule has 144 valence electrons. The maximum atomic E-state index is 12.4. The van der Waals surface area contributed by atoms with E-state index in [1.54, 1.807) is 36.4 Å². The van der Waals surface area contributed by atoms with E-state index < -0.39 is 0 Å². The van der Waals surface area contributed by atoms with Gasteiger partial charge in [-0.05, 0) is 61.4 Å². The van der Waals surface area contributed by atoms with Gasteiger partial charge in [0.25, 0.3) is 5.91 Å². The topological polar surface area (TPSA) is 80.6 Å². The monoisotopic (exact) mass is 378 g/mol. The summed E-state index contributed by atoms with van der Waals surface area (Å²) in [5.41, 5.74) is 3.36. The molecule has 0 aliphatic heterocycles. The number of benzene rings is 2. The molecule has 28 heavy (non-hydrogen) atoms. The van der Waals surface area contributed by atoms with Gasteiger partial charge >= 0.3 is 0 Å². The fourth-order valence-corrected chi connectivity index (χ4v) is 2.78. The summed E-state index contributed by atoms with van der Waals surface area (Å²) in [6, 6.07) is 16.1. The molecule has 6 nitrogen and oxygen atoms in total. The number of anilines is 2. The highest BCUT2D eigenvalue weighted by Crippen LogP contribution is 2.24. The number of aryl methyl sites for hydroxylation is 2. The number of ether oxygens (including phenoxy) is 1. The molecule has 2 aromatic carbocycles. The molecule has 0 bridgehead atoms. The van der Waals surface area contributed by atoms with Gasteiger partial charge in [-0.2, -0.15) is 0 Å². The fourth-order valence-electron chi connectivity index (χ4n) is 2.78. The van der Waals surface area contributed by atoms with Crippen LogP contribution in [0.15, 0.2) is 59.0 Å². The second-order valence-corrected chi connectivity index (χ2v) is 6.49. The summed E-state index contributed by atoms with van der Waals surface area (Å²) in [4.78, 5) is 23.4. The third-order valence-electron chi connectivity index (χ3n) is 4.12. The van der Waals surface area contributed by atoms with Crippen molar-refractivity contribution in [1.82, 2.24) is 0 Å². The van der Waals surface area contributed by atoms with Crippen molar-refractivity contribution in [3.05, 3.63) is 77.2 Å². The second kappa shape index (κ2) is 8.43. The molecule has 0 saturated carbocycles. The zero-order valence-electron chi connectivity index (χ0n) is 16.0. The fraction of sp³-hybridized carbons (Fsp3) is 0.182. The van der Waals surface area contributed by atoms with E-state index in [1.807, 2.05) is 32.0 Å². The zero-order chi connectivity index (χ0) is 20.1. The average molecular weight is 378 g/mol. The number of para-hydroxylation sites is 1. The number of rotatable bonds is 6. The standard InChI is InChI=1S/C22H22N2O4/c1-14-5-4-6-15(2)21(14)27-13-19-11-12-20(28-19)22(26)24-18-9-7-17(8-10-18)23-16(3)25/h4-12H,13H2,1-3H3,(H,23,25)(H,24,26). The Morgan fingerprint density at radius 3 is 2.11 bits per heavy atom. The molecule has 1 heterocycles. The molecule has 2 N–H and O–H groups in total. The van der Waals surface area contributed by atoms with Crippen LogP contribution in [0, 0.1) is 13.8 Å². The first-order valence-corrected chi connectivity index (χ1v) is 8.89. The van der Waals surface area contributed by atoms with Crippen LogP contribution in [0.4, 0.5) is 11.4 Å². The van der Waals surface area contributed by atoms with E-state index in [4.69, 9.17) is 9.15 Å². The van der Waals surface area contributed by atoms with Gasteiger partial charge in [-0.15, -0.1) is 0 Å². The van der Waals surface area contributed by atoms with Gasteiger partial charge < -0.3 is 19.8 Å². The smallest absolute Gasteiger partial charge is 0.291 e. The molecule has 0 aliphatic carbocycles. The molecule has 1 aromatic heterocycles. The number of carbonyl (C=O) groups excluding carboxylic acids is 2. The van der Waals surface area contributed by atoms with Crippen molar-refractivity contribution in [2.24, 2.45) is 0 Å². The summed E-state index contributed by atoms with van der Waals surface area (Å²) in [7, 11) is 0. The third kappa shape index (κ3) is 4.79. The average Bonchev–Trinajstić information content (AvgIpc) is 3.12. The van der Waals surface area contributed by atoms with Crippen LogP contribution in [-0.4, -0.2) is 11.8 Å². The third-order valence-corrected chi connectivity index (χ3v) is 4.12. The van der Waals surface area contributed by atoms with Crippen LogP contribution in [-0.2, 0) is 11.4 Å². The molecule has 3 rings (SSSR count). The van der Waals surface area contributed by atoms with Gasteiger partial charge in [0.2, 0.25) is 5.91 Å². The predicted octanol–water partition coefficient (Wildman–Crippen LogP) is 4.69. The molecule has 0 radical (unpaired) electrons. The Morgan fingerprint density at radius 2 is 1.50 bits per heavy atom. The normalized spacial score (nSPS) is 10.4. The summed E-state index contributed by atoms with van der Waals surface area (Å²) in [5.74, 6) is 1.08. The first-order valence-electron chi connectivity index (χ1n) is 8.89. The summed E-state index contributed by atoms with van der Waals surface area (Å²) < 4.78 is 11.5. The molecule has 0 saturated heterocycles. The predicted molar refractivity (Wildman–Crippen MR) is 108 cm³/mol. The number of nitrogens with one attached hydrogen (secondary N) is 2. The van der Waals surface area contributed by atoms with Gasteiger partial charge in [0.1, 0.15) is 18.1 Å². The van der Waals surface area contributed by atoms with Crippen LogP contribution < -0.4 is 15.4 Å². The van der Waals surface area contributed by atoms with Crippen molar-refractivity contribution in [1.29, 1.82) is 0 Å². The lowest BCUT2D eigenvalue weighted by Crippen LogP contribution is -2.11. The molecule has 0 fully saturated rings. The van der Waals surface area contributed by atoms with Crippen molar-refractivity contribution >= 4 is 23.2 Å². The van der Waals surface area contributed by atoms with E-state index in [2.05, 4.69) is 10.6 Å². The van der Waals surface area contributed by atoms with Gasteiger partial charge in [0.05, 0.1) is 0 Å². The largest absolute Gasteiger partial charge is 0.485 e. The highest BCUT2D eigenvalue weighted by atomic mass is 16.5. The number of furan rings is 1. The lowest BCUT2D eigenvalue weighted by molar-refractivity contribution is -0.114. The van der Waals surface area contributed by atoms with Crippen LogP contribution in [0.25, 0.3) is 0 Å². The van der Waals surface area contributed by atoms with Crippen molar-refractivity contribution in [2.45, 2.75) is 27.4 Å². The highest BCUT2D eigenvalue weighted by Gasteiger charge is 2.13. The Labute approximate surface area is 163 Å². The maximum absolute atomic E-state index is 12.4. The minimum Gasteiger partial charge on any atom is -0.485 e. The van der Waals surface area contributed by atoms with E-state index in [9.17, 15) is 9.59 Å².